The van der Waals surface area contributed by atoms with Gasteiger partial charge in [0.2, 0.25) is 0 Å². The molecule has 34 heavy (non-hydrogen) atoms. The van der Waals surface area contributed by atoms with E-state index >= 15 is 0 Å². The van der Waals surface area contributed by atoms with Crippen molar-refractivity contribution in [3.63, 3.8) is 0 Å². The maximum absolute atomic E-state index is 13.1. The average molecular weight is 469 g/mol. The summed E-state index contributed by atoms with van der Waals surface area (Å²) in [6.45, 7) is 5.71. The molecule has 2 aromatic rings. The minimum atomic E-state index is -0.468. The van der Waals surface area contributed by atoms with Crippen LogP contribution < -0.4 is 10.1 Å². The minimum Gasteiger partial charge on any atom is -0.452 e. The molecule has 0 radical (unpaired) electrons. The normalized spacial score (nSPS) is 27.4. The number of amides is 1. The number of likely N-dealkylation sites (N-methyl/N-ethyl adjacent to an activating group) is 1. The highest BCUT2D eigenvalue weighted by atomic mass is 16.6. The van der Waals surface area contributed by atoms with E-state index in [-0.39, 0.29) is 6.09 Å². The van der Waals surface area contributed by atoms with Gasteiger partial charge in [-0.15, -0.1) is 0 Å². The molecular formula is C26H36N4O4. The molecule has 1 amide bonds. The van der Waals surface area contributed by atoms with Crippen molar-refractivity contribution in [1.29, 1.82) is 0 Å². The molecule has 3 fully saturated rings. The number of fused-ring (bicyclic) bond motifs is 4. The predicted octanol–water partition coefficient (Wildman–Crippen LogP) is 3.67. The van der Waals surface area contributed by atoms with Crippen LogP contribution in [-0.2, 0) is 11.2 Å². The van der Waals surface area contributed by atoms with E-state index in [0.29, 0.717) is 36.1 Å². The van der Waals surface area contributed by atoms with Crippen LogP contribution in [0.5, 0.6) is 5.75 Å². The Morgan fingerprint density at radius 1 is 1.24 bits per heavy atom. The molecule has 4 heterocycles. The van der Waals surface area contributed by atoms with Crippen LogP contribution in [0.3, 0.4) is 0 Å². The van der Waals surface area contributed by atoms with Gasteiger partial charge in [-0.05, 0) is 69.0 Å². The van der Waals surface area contributed by atoms with Gasteiger partial charge in [-0.1, -0.05) is 13.3 Å². The summed E-state index contributed by atoms with van der Waals surface area (Å²) in [6, 6.07) is 6.04. The molecule has 4 bridgehead atoms. The molecule has 3 aliphatic heterocycles. The Labute approximate surface area is 201 Å². The van der Waals surface area contributed by atoms with E-state index in [0.717, 1.165) is 42.5 Å². The number of piperidine rings is 2. The maximum atomic E-state index is 13.1. The molecule has 1 saturated carbocycles. The van der Waals surface area contributed by atoms with Crippen LogP contribution in [0.1, 0.15) is 43.4 Å². The lowest BCUT2D eigenvalue weighted by molar-refractivity contribution is -0.0140. The van der Waals surface area contributed by atoms with E-state index in [9.17, 15) is 9.59 Å². The fourth-order valence-corrected chi connectivity index (χ4v) is 6.71. The third-order valence-corrected chi connectivity index (χ3v) is 8.04. The average Bonchev–Trinajstić information content (AvgIpc) is 3.09. The summed E-state index contributed by atoms with van der Waals surface area (Å²) in [7, 11) is 5.36. The van der Waals surface area contributed by atoms with Crippen molar-refractivity contribution in [3.8, 4) is 5.75 Å². The van der Waals surface area contributed by atoms with Crippen LogP contribution in [0, 0.1) is 11.8 Å². The predicted molar refractivity (Wildman–Crippen MR) is 131 cm³/mol. The van der Waals surface area contributed by atoms with Gasteiger partial charge in [0, 0.05) is 49.2 Å². The van der Waals surface area contributed by atoms with Gasteiger partial charge < -0.3 is 19.7 Å². The standard InChI is InChI=1S/C26H36N4O4/c1-5-17-12-16-13-21-23(17)29(15-16)10-8-19-20-14-18(34-25(31)27-9-11-28(2)3)6-7-22(20)30(24(19)21)26(32)33-4/h6-7,14,16-17,21,23H,5,8-13,15H2,1-4H3,(H,27,31)/t16-,17-,21+,23?/m0/s1. The number of hydrogen-bond donors (Lipinski definition) is 1. The van der Waals surface area contributed by atoms with Gasteiger partial charge >= 0.3 is 12.2 Å². The number of aromatic nitrogens is 1. The summed E-state index contributed by atoms with van der Waals surface area (Å²) < 4.78 is 12.6. The Bertz CT molecular complexity index is 1090. The minimum absolute atomic E-state index is 0.320. The summed E-state index contributed by atoms with van der Waals surface area (Å²) in [6.07, 6.45) is 3.65. The fourth-order valence-electron chi connectivity index (χ4n) is 6.71. The second-order valence-electron chi connectivity index (χ2n) is 10.3. The number of methoxy groups -OCH3 is 1. The maximum Gasteiger partial charge on any atom is 0.418 e. The molecule has 2 saturated heterocycles. The first kappa shape index (κ1) is 23.2. The molecule has 1 aliphatic carbocycles. The molecule has 8 nitrogen and oxygen atoms in total. The molecule has 1 N–H and O–H groups in total. The largest absolute Gasteiger partial charge is 0.452 e. The van der Waals surface area contributed by atoms with Crippen molar-refractivity contribution in [2.45, 2.75) is 44.6 Å². The summed E-state index contributed by atoms with van der Waals surface area (Å²) in [5.41, 5.74) is 3.15. The summed E-state index contributed by atoms with van der Waals surface area (Å²) in [5, 5.41) is 3.77. The zero-order valence-electron chi connectivity index (χ0n) is 20.7. The number of nitrogens with one attached hydrogen (secondary N) is 1. The van der Waals surface area contributed by atoms with Gasteiger partial charge in [0.05, 0.1) is 12.6 Å². The molecule has 6 rings (SSSR count). The van der Waals surface area contributed by atoms with E-state index < -0.39 is 6.09 Å². The van der Waals surface area contributed by atoms with Crippen molar-refractivity contribution in [3.05, 3.63) is 29.5 Å². The Balaban J connectivity index is 1.53. The molecule has 8 heteroatoms. The van der Waals surface area contributed by atoms with Crippen LogP contribution in [0.25, 0.3) is 10.9 Å². The van der Waals surface area contributed by atoms with E-state index in [1.165, 1.54) is 32.1 Å². The van der Waals surface area contributed by atoms with E-state index in [1.807, 2.05) is 31.1 Å². The topological polar surface area (TPSA) is 76.0 Å². The molecule has 1 aromatic heterocycles. The first-order valence-electron chi connectivity index (χ1n) is 12.5. The zero-order chi connectivity index (χ0) is 24.0. The summed E-state index contributed by atoms with van der Waals surface area (Å²) in [4.78, 5) is 30.0. The third-order valence-electron chi connectivity index (χ3n) is 8.04. The van der Waals surface area contributed by atoms with Crippen LogP contribution in [0.4, 0.5) is 9.59 Å². The quantitative estimate of drug-likeness (QED) is 0.722. The van der Waals surface area contributed by atoms with Gasteiger partial charge in [-0.2, -0.15) is 0 Å². The molecule has 4 aliphatic rings. The molecule has 1 aromatic carbocycles. The Kier molecular flexibility index (Phi) is 6.29. The van der Waals surface area contributed by atoms with Gasteiger partial charge in [0.15, 0.2) is 0 Å². The zero-order valence-corrected chi connectivity index (χ0v) is 20.7. The van der Waals surface area contributed by atoms with E-state index in [4.69, 9.17) is 9.47 Å². The number of carbonyl (C=O) groups excluding carboxylic acids is 2. The Hall–Kier alpha value is -2.58. The first-order chi connectivity index (χ1) is 16.4. The monoisotopic (exact) mass is 468 g/mol. The Morgan fingerprint density at radius 2 is 2.06 bits per heavy atom. The molecular weight excluding hydrogens is 432 g/mol. The fraction of sp³-hybridized carbons (Fsp3) is 0.615. The highest BCUT2D eigenvalue weighted by Gasteiger charge is 2.49. The lowest BCUT2D eigenvalue weighted by atomic mass is 9.65. The number of nitrogens with zero attached hydrogens (tertiary/aromatic N) is 3. The number of rotatable bonds is 5. The number of benzene rings is 1. The Morgan fingerprint density at radius 3 is 2.79 bits per heavy atom. The molecule has 0 spiro atoms. The van der Waals surface area contributed by atoms with Crippen LogP contribution >= 0.6 is 0 Å². The molecule has 184 valence electrons. The van der Waals surface area contributed by atoms with Crippen LogP contribution in [0.2, 0.25) is 0 Å². The highest BCUT2D eigenvalue weighted by Crippen LogP contribution is 2.52. The molecule has 5 atom stereocenters. The first-order valence-corrected chi connectivity index (χ1v) is 12.5. The SMILES string of the molecule is CC[C@H]1C[C@H]2C[C@H]3c4c(c5cc(OC(=O)NCCN(C)C)ccc5n4C(=O)OC)CCN(C2)C13. The van der Waals surface area contributed by atoms with Gasteiger partial charge in [-0.3, -0.25) is 4.90 Å². The second kappa shape index (κ2) is 9.23. The summed E-state index contributed by atoms with van der Waals surface area (Å²) >= 11 is 0. The third kappa shape index (κ3) is 3.96. The van der Waals surface area contributed by atoms with E-state index in [1.54, 1.807) is 10.6 Å². The van der Waals surface area contributed by atoms with E-state index in [2.05, 4.69) is 17.1 Å². The highest BCUT2D eigenvalue weighted by molar-refractivity contribution is 5.95. The lowest BCUT2D eigenvalue weighted by Crippen LogP contribution is -2.56. The number of hydrogen-bond acceptors (Lipinski definition) is 6. The van der Waals surface area contributed by atoms with Crippen molar-refractivity contribution in [2.24, 2.45) is 11.8 Å². The molecule has 2 unspecified atom stereocenters. The number of ether oxygens (including phenoxy) is 2. The van der Waals surface area contributed by atoms with Crippen LogP contribution in [-0.4, -0.2) is 80.0 Å². The van der Waals surface area contributed by atoms with Crippen molar-refractivity contribution in [1.82, 2.24) is 19.7 Å². The van der Waals surface area contributed by atoms with Gasteiger partial charge in [-0.25, -0.2) is 14.2 Å². The number of carbonyl (C=O) groups is 2. The lowest BCUT2D eigenvalue weighted by Gasteiger charge is -2.53. The van der Waals surface area contributed by atoms with Crippen molar-refractivity contribution < 1.29 is 19.1 Å². The van der Waals surface area contributed by atoms with Crippen molar-refractivity contribution >= 4 is 23.1 Å². The van der Waals surface area contributed by atoms with Gasteiger partial charge in [0.1, 0.15) is 5.75 Å². The summed E-state index contributed by atoms with van der Waals surface area (Å²) in [5.74, 6) is 2.15. The van der Waals surface area contributed by atoms with Crippen LogP contribution in [0.15, 0.2) is 18.2 Å². The van der Waals surface area contributed by atoms with Gasteiger partial charge in [0.25, 0.3) is 0 Å². The smallest absolute Gasteiger partial charge is 0.418 e. The second-order valence-corrected chi connectivity index (χ2v) is 10.3. The van der Waals surface area contributed by atoms with Crippen molar-refractivity contribution in [2.75, 3.05) is 47.4 Å².